The fourth-order valence-corrected chi connectivity index (χ4v) is 4.74. The lowest BCUT2D eigenvalue weighted by molar-refractivity contribution is 0.102. The molecule has 2 N–H and O–H groups in total. The molecule has 4 aromatic carbocycles. The molecule has 0 fully saturated rings. The number of amides is 1. The molecule has 0 unspecified atom stereocenters. The van der Waals surface area contributed by atoms with Gasteiger partial charge in [-0.1, -0.05) is 59.6 Å². The second kappa shape index (κ2) is 9.99. The molecule has 4 aromatic rings. The van der Waals surface area contributed by atoms with E-state index >= 15 is 0 Å². The van der Waals surface area contributed by atoms with Gasteiger partial charge in [-0.2, -0.15) is 0 Å². The highest BCUT2D eigenvalue weighted by Gasteiger charge is 2.21. The standard InChI is InChI=1S/C26H21ClN2O4S/c1-18-11-14-20(15-12-18)29-34(31,32)25-17-19(13-16-22(25)27)26(30)28-23-9-5-6-10-24(23)33-21-7-3-2-4-8-21/h2-17,29H,1H3,(H,28,30). The van der Waals surface area contributed by atoms with E-state index in [1.807, 2.05) is 25.1 Å². The predicted octanol–water partition coefficient (Wildman–Crippen LogP) is 6.49. The SMILES string of the molecule is Cc1ccc(NS(=O)(=O)c2cc(C(=O)Nc3ccccc3Oc3ccccc3)ccc2Cl)cc1. The number of anilines is 2. The maximum absolute atomic E-state index is 13.0. The number of hydrogen-bond acceptors (Lipinski definition) is 4. The van der Waals surface area contributed by atoms with E-state index in [0.29, 0.717) is 22.9 Å². The average molecular weight is 493 g/mol. The molecular formula is C26H21ClN2O4S. The average Bonchev–Trinajstić information content (AvgIpc) is 2.82. The van der Waals surface area contributed by atoms with Crippen molar-refractivity contribution in [3.8, 4) is 11.5 Å². The van der Waals surface area contributed by atoms with Gasteiger partial charge in [-0.15, -0.1) is 0 Å². The molecule has 4 rings (SSSR count). The van der Waals surface area contributed by atoms with Gasteiger partial charge in [0.1, 0.15) is 10.6 Å². The van der Waals surface area contributed by atoms with Crippen LogP contribution in [0, 0.1) is 6.92 Å². The van der Waals surface area contributed by atoms with Crippen molar-refractivity contribution in [2.24, 2.45) is 0 Å². The molecule has 6 nitrogen and oxygen atoms in total. The lowest BCUT2D eigenvalue weighted by Crippen LogP contribution is -2.16. The van der Waals surface area contributed by atoms with Crippen molar-refractivity contribution < 1.29 is 17.9 Å². The number of hydrogen-bond donors (Lipinski definition) is 2. The van der Waals surface area contributed by atoms with Gasteiger partial charge in [0.05, 0.1) is 10.7 Å². The Morgan fingerprint density at radius 3 is 2.26 bits per heavy atom. The molecule has 0 aliphatic heterocycles. The van der Waals surface area contributed by atoms with Crippen LogP contribution in [0.15, 0.2) is 102 Å². The number of halogens is 1. The van der Waals surface area contributed by atoms with Crippen LogP contribution >= 0.6 is 11.6 Å². The minimum atomic E-state index is -4.02. The van der Waals surface area contributed by atoms with E-state index in [0.717, 1.165) is 5.56 Å². The minimum absolute atomic E-state index is 0.00368. The number of nitrogens with one attached hydrogen (secondary N) is 2. The number of carbonyl (C=O) groups excluding carboxylic acids is 1. The van der Waals surface area contributed by atoms with E-state index in [4.69, 9.17) is 16.3 Å². The highest BCUT2D eigenvalue weighted by molar-refractivity contribution is 7.92. The van der Waals surface area contributed by atoms with Crippen LogP contribution in [0.1, 0.15) is 15.9 Å². The van der Waals surface area contributed by atoms with Gasteiger partial charge in [-0.05, 0) is 61.5 Å². The van der Waals surface area contributed by atoms with Gasteiger partial charge in [-0.3, -0.25) is 9.52 Å². The van der Waals surface area contributed by atoms with Crippen molar-refractivity contribution in [1.82, 2.24) is 0 Å². The highest BCUT2D eigenvalue weighted by atomic mass is 35.5. The highest BCUT2D eigenvalue weighted by Crippen LogP contribution is 2.30. The third-order valence-electron chi connectivity index (χ3n) is 4.89. The second-order valence-corrected chi connectivity index (χ2v) is 9.54. The minimum Gasteiger partial charge on any atom is -0.455 e. The van der Waals surface area contributed by atoms with Crippen molar-refractivity contribution >= 4 is 38.9 Å². The largest absolute Gasteiger partial charge is 0.455 e. The third-order valence-corrected chi connectivity index (χ3v) is 6.76. The van der Waals surface area contributed by atoms with Crippen LogP contribution in [-0.4, -0.2) is 14.3 Å². The zero-order valence-electron chi connectivity index (χ0n) is 18.2. The van der Waals surface area contributed by atoms with Crippen LogP contribution in [-0.2, 0) is 10.0 Å². The van der Waals surface area contributed by atoms with E-state index in [2.05, 4.69) is 10.0 Å². The first-order valence-corrected chi connectivity index (χ1v) is 12.2. The summed E-state index contributed by atoms with van der Waals surface area (Å²) >= 11 is 6.18. The summed E-state index contributed by atoms with van der Waals surface area (Å²) in [4.78, 5) is 12.8. The summed E-state index contributed by atoms with van der Waals surface area (Å²) in [6.45, 7) is 1.90. The fourth-order valence-electron chi connectivity index (χ4n) is 3.15. The zero-order chi connectivity index (χ0) is 24.1. The summed E-state index contributed by atoms with van der Waals surface area (Å²) in [6, 6.07) is 27.1. The normalized spacial score (nSPS) is 11.0. The molecule has 0 aliphatic rings. The van der Waals surface area contributed by atoms with Gasteiger partial charge >= 0.3 is 0 Å². The molecule has 0 saturated carbocycles. The number of aryl methyl sites for hydroxylation is 1. The van der Waals surface area contributed by atoms with Gasteiger partial charge in [0.25, 0.3) is 15.9 Å². The third kappa shape index (κ3) is 5.57. The number of carbonyl (C=O) groups is 1. The van der Waals surface area contributed by atoms with Gasteiger partial charge in [0.15, 0.2) is 5.75 Å². The van der Waals surface area contributed by atoms with Crippen LogP contribution in [0.5, 0.6) is 11.5 Å². The molecule has 172 valence electrons. The Morgan fingerprint density at radius 2 is 1.53 bits per heavy atom. The Balaban J connectivity index is 1.57. The van der Waals surface area contributed by atoms with Crippen molar-refractivity contribution in [2.75, 3.05) is 10.0 Å². The van der Waals surface area contributed by atoms with E-state index in [9.17, 15) is 13.2 Å². The quantitative estimate of drug-likeness (QED) is 0.308. The van der Waals surface area contributed by atoms with Crippen LogP contribution in [0.3, 0.4) is 0 Å². The fraction of sp³-hybridized carbons (Fsp3) is 0.0385. The summed E-state index contributed by atoms with van der Waals surface area (Å²) in [6.07, 6.45) is 0. The van der Waals surface area contributed by atoms with Crippen molar-refractivity contribution in [3.05, 3.63) is 113 Å². The molecule has 34 heavy (non-hydrogen) atoms. The number of benzene rings is 4. The summed E-state index contributed by atoms with van der Waals surface area (Å²) < 4.78 is 34.3. The van der Waals surface area contributed by atoms with Crippen LogP contribution in [0.4, 0.5) is 11.4 Å². The van der Waals surface area contributed by atoms with Crippen molar-refractivity contribution in [2.45, 2.75) is 11.8 Å². The predicted molar refractivity (Wildman–Crippen MR) is 134 cm³/mol. The van der Waals surface area contributed by atoms with E-state index in [-0.39, 0.29) is 15.5 Å². The Hall–Kier alpha value is -3.81. The monoisotopic (exact) mass is 492 g/mol. The van der Waals surface area contributed by atoms with Gasteiger partial charge in [0, 0.05) is 11.3 Å². The van der Waals surface area contributed by atoms with Gasteiger partial charge in [-0.25, -0.2) is 8.42 Å². The van der Waals surface area contributed by atoms with Crippen molar-refractivity contribution in [1.29, 1.82) is 0 Å². The lowest BCUT2D eigenvalue weighted by atomic mass is 10.2. The van der Waals surface area contributed by atoms with E-state index in [1.54, 1.807) is 60.7 Å². The number of para-hydroxylation sites is 3. The van der Waals surface area contributed by atoms with Crippen LogP contribution in [0.2, 0.25) is 5.02 Å². The topological polar surface area (TPSA) is 84.5 Å². The summed E-state index contributed by atoms with van der Waals surface area (Å²) in [5.41, 5.74) is 1.95. The van der Waals surface area contributed by atoms with Crippen molar-refractivity contribution in [3.63, 3.8) is 0 Å². The molecule has 0 aliphatic carbocycles. The second-order valence-electron chi connectivity index (χ2n) is 7.48. The Kier molecular flexibility index (Phi) is 6.86. The van der Waals surface area contributed by atoms with E-state index < -0.39 is 15.9 Å². The lowest BCUT2D eigenvalue weighted by Gasteiger charge is -2.14. The van der Waals surface area contributed by atoms with Crippen LogP contribution < -0.4 is 14.8 Å². The summed E-state index contributed by atoms with van der Waals surface area (Å²) in [5.74, 6) is 0.559. The molecule has 0 heterocycles. The maximum Gasteiger partial charge on any atom is 0.263 e. The molecule has 0 bridgehead atoms. The molecule has 0 aromatic heterocycles. The molecular weight excluding hydrogens is 472 g/mol. The first kappa shape index (κ1) is 23.4. The smallest absolute Gasteiger partial charge is 0.263 e. The maximum atomic E-state index is 13.0. The zero-order valence-corrected chi connectivity index (χ0v) is 19.7. The Morgan fingerprint density at radius 1 is 0.853 bits per heavy atom. The summed E-state index contributed by atoms with van der Waals surface area (Å²) in [7, 11) is -4.02. The van der Waals surface area contributed by atoms with Crippen LogP contribution in [0.25, 0.3) is 0 Å². The van der Waals surface area contributed by atoms with E-state index in [1.165, 1.54) is 18.2 Å². The Labute approximate surface area is 203 Å². The number of sulfonamides is 1. The van der Waals surface area contributed by atoms with Gasteiger partial charge < -0.3 is 10.1 Å². The molecule has 8 heteroatoms. The van der Waals surface area contributed by atoms with Gasteiger partial charge in [0.2, 0.25) is 0 Å². The molecule has 0 atom stereocenters. The number of rotatable bonds is 7. The molecule has 0 saturated heterocycles. The Bertz CT molecular complexity index is 1420. The molecule has 1 amide bonds. The number of ether oxygens (including phenoxy) is 1. The summed E-state index contributed by atoms with van der Waals surface area (Å²) in [5, 5.41) is 2.78. The first-order valence-electron chi connectivity index (χ1n) is 10.3. The molecule has 0 spiro atoms. The molecule has 0 radical (unpaired) electrons. The first-order chi connectivity index (χ1) is 16.3.